The molecule has 2 atom stereocenters. The summed E-state index contributed by atoms with van der Waals surface area (Å²) in [6, 6.07) is 2.59. The van der Waals surface area contributed by atoms with Gasteiger partial charge >= 0.3 is 0 Å². The van der Waals surface area contributed by atoms with Crippen molar-refractivity contribution in [2.24, 2.45) is 5.73 Å². The SMILES string of the molecule is NC1CCC(c2cc(F)c(Br)cc2F)C1. The van der Waals surface area contributed by atoms with Crippen molar-refractivity contribution in [2.75, 3.05) is 0 Å². The number of hydrogen-bond acceptors (Lipinski definition) is 1. The van der Waals surface area contributed by atoms with Gasteiger partial charge in [-0.1, -0.05) is 0 Å². The van der Waals surface area contributed by atoms with Crippen molar-refractivity contribution in [3.8, 4) is 0 Å². The Morgan fingerprint density at radius 3 is 2.53 bits per heavy atom. The standard InChI is InChI=1S/C11H12BrF2N/c12-9-5-10(13)8(4-11(9)14)6-1-2-7(15)3-6/h4-7H,1-3,15H2. The van der Waals surface area contributed by atoms with E-state index >= 15 is 0 Å². The lowest BCUT2D eigenvalue weighted by molar-refractivity contribution is 0.554. The first kappa shape index (κ1) is 11.0. The van der Waals surface area contributed by atoms with E-state index in [4.69, 9.17) is 5.73 Å². The van der Waals surface area contributed by atoms with Crippen LogP contribution in [0, 0.1) is 11.6 Å². The third-order valence-electron chi connectivity index (χ3n) is 2.95. The highest BCUT2D eigenvalue weighted by Gasteiger charge is 2.26. The van der Waals surface area contributed by atoms with E-state index in [1.807, 2.05) is 0 Å². The van der Waals surface area contributed by atoms with E-state index in [9.17, 15) is 8.78 Å². The molecule has 0 amide bonds. The first-order valence-corrected chi connectivity index (χ1v) is 5.77. The fourth-order valence-corrected chi connectivity index (χ4v) is 2.47. The lowest BCUT2D eigenvalue weighted by atomic mass is 9.97. The summed E-state index contributed by atoms with van der Waals surface area (Å²) >= 11 is 2.96. The number of hydrogen-bond donors (Lipinski definition) is 1. The summed E-state index contributed by atoms with van der Waals surface area (Å²) in [7, 11) is 0. The highest BCUT2D eigenvalue weighted by atomic mass is 79.9. The summed E-state index contributed by atoms with van der Waals surface area (Å²) in [5, 5.41) is 0. The van der Waals surface area contributed by atoms with Crippen LogP contribution in [0.2, 0.25) is 0 Å². The zero-order valence-electron chi connectivity index (χ0n) is 8.14. The molecule has 1 aliphatic rings. The Balaban J connectivity index is 2.32. The maximum absolute atomic E-state index is 13.6. The molecule has 2 rings (SSSR count). The maximum Gasteiger partial charge on any atom is 0.137 e. The Kier molecular flexibility index (Phi) is 3.07. The summed E-state index contributed by atoms with van der Waals surface area (Å²) in [4.78, 5) is 0. The molecule has 0 bridgehead atoms. The molecule has 1 aromatic rings. The quantitative estimate of drug-likeness (QED) is 0.782. The predicted molar refractivity (Wildman–Crippen MR) is 58.6 cm³/mol. The molecule has 15 heavy (non-hydrogen) atoms. The van der Waals surface area contributed by atoms with E-state index in [1.54, 1.807) is 0 Å². The van der Waals surface area contributed by atoms with Gasteiger partial charge in [-0.3, -0.25) is 0 Å². The second kappa shape index (κ2) is 4.18. The van der Waals surface area contributed by atoms with Crippen LogP contribution in [-0.2, 0) is 0 Å². The smallest absolute Gasteiger partial charge is 0.137 e. The van der Waals surface area contributed by atoms with Gasteiger partial charge < -0.3 is 5.73 Å². The Morgan fingerprint density at radius 2 is 1.93 bits per heavy atom. The van der Waals surface area contributed by atoms with Crippen molar-refractivity contribution in [3.63, 3.8) is 0 Å². The van der Waals surface area contributed by atoms with Gasteiger partial charge in [0, 0.05) is 6.04 Å². The maximum atomic E-state index is 13.6. The van der Waals surface area contributed by atoms with Crippen LogP contribution in [-0.4, -0.2) is 6.04 Å². The van der Waals surface area contributed by atoms with E-state index < -0.39 is 5.82 Å². The zero-order chi connectivity index (χ0) is 11.0. The van der Waals surface area contributed by atoms with Gasteiger partial charge in [-0.25, -0.2) is 8.78 Å². The average Bonchev–Trinajstić information content (AvgIpc) is 2.58. The van der Waals surface area contributed by atoms with E-state index in [1.165, 1.54) is 12.1 Å². The molecular formula is C11H12BrF2N. The van der Waals surface area contributed by atoms with Gasteiger partial charge in [0.05, 0.1) is 4.47 Å². The van der Waals surface area contributed by atoms with Gasteiger partial charge in [0.1, 0.15) is 11.6 Å². The fraction of sp³-hybridized carbons (Fsp3) is 0.455. The summed E-state index contributed by atoms with van der Waals surface area (Å²) in [5.41, 5.74) is 6.22. The van der Waals surface area contributed by atoms with Crippen molar-refractivity contribution in [1.82, 2.24) is 0 Å². The van der Waals surface area contributed by atoms with Crippen LogP contribution in [0.25, 0.3) is 0 Å². The molecule has 1 aliphatic carbocycles. The lowest BCUT2D eigenvalue weighted by Gasteiger charge is -2.11. The second-order valence-electron chi connectivity index (χ2n) is 4.06. The Labute approximate surface area is 95.8 Å². The monoisotopic (exact) mass is 275 g/mol. The zero-order valence-corrected chi connectivity index (χ0v) is 9.73. The number of benzene rings is 1. The van der Waals surface area contributed by atoms with Crippen molar-refractivity contribution in [2.45, 2.75) is 31.2 Å². The summed E-state index contributed by atoms with van der Waals surface area (Å²) in [5.74, 6) is -0.683. The van der Waals surface area contributed by atoms with Crippen molar-refractivity contribution >= 4 is 15.9 Å². The predicted octanol–water partition coefficient (Wildman–Crippen LogP) is 3.32. The van der Waals surface area contributed by atoms with Crippen molar-refractivity contribution in [1.29, 1.82) is 0 Å². The first-order valence-electron chi connectivity index (χ1n) is 4.98. The molecule has 82 valence electrons. The van der Waals surface area contributed by atoms with Crippen LogP contribution >= 0.6 is 15.9 Å². The molecule has 0 aromatic heterocycles. The minimum Gasteiger partial charge on any atom is -0.328 e. The number of halogens is 3. The topological polar surface area (TPSA) is 26.0 Å². The van der Waals surface area contributed by atoms with Gasteiger partial charge in [0.25, 0.3) is 0 Å². The van der Waals surface area contributed by atoms with Gasteiger partial charge in [-0.05, 0) is 58.8 Å². The normalized spacial score (nSPS) is 25.9. The van der Waals surface area contributed by atoms with Gasteiger partial charge in [-0.2, -0.15) is 0 Å². The highest BCUT2D eigenvalue weighted by molar-refractivity contribution is 9.10. The van der Waals surface area contributed by atoms with Gasteiger partial charge in [0.15, 0.2) is 0 Å². The Hall–Kier alpha value is -0.480. The van der Waals surface area contributed by atoms with E-state index in [2.05, 4.69) is 15.9 Å². The van der Waals surface area contributed by atoms with Crippen molar-refractivity contribution < 1.29 is 8.78 Å². The molecule has 2 unspecified atom stereocenters. The van der Waals surface area contributed by atoms with Gasteiger partial charge in [0.2, 0.25) is 0 Å². The third-order valence-corrected chi connectivity index (χ3v) is 3.56. The fourth-order valence-electron chi connectivity index (χ4n) is 2.15. The lowest BCUT2D eigenvalue weighted by Crippen LogP contribution is -2.14. The average molecular weight is 276 g/mol. The molecule has 4 heteroatoms. The summed E-state index contributed by atoms with van der Waals surface area (Å²) in [6.45, 7) is 0. The summed E-state index contributed by atoms with van der Waals surface area (Å²) < 4.78 is 27.0. The van der Waals surface area contributed by atoms with Crippen LogP contribution < -0.4 is 5.73 Å². The molecular weight excluding hydrogens is 264 g/mol. The molecule has 0 heterocycles. The molecule has 0 aliphatic heterocycles. The van der Waals surface area contributed by atoms with Crippen LogP contribution in [0.5, 0.6) is 0 Å². The number of nitrogens with two attached hydrogens (primary N) is 1. The molecule has 0 radical (unpaired) electrons. The number of rotatable bonds is 1. The van der Waals surface area contributed by atoms with E-state index in [0.717, 1.165) is 19.3 Å². The van der Waals surface area contributed by atoms with Crippen molar-refractivity contribution in [3.05, 3.63) is 33.8 Å². The first-order chi connectivity index (χ1) is 7.08. The molecule has 0 spiro atoms. The molecule has 1 nitrogen and oxygen atoms in total. The van der Waals surface area contributed by atoms with Crippen LogP contribution in [0.1, 0.15) is 30.7 Å². The van der Waals surface area contributed by atoms with Crippen LogP contribution in [0.4, 0.5) is 8.78 Å². The highest BCUT2D eigenvalue weighted by Crippen LogP contribution is 2.36. The molecule has 1 fully saturated rings. The molecule has 1 saturated carbocycles. The Morgan fingerprint density at radius 1 is 1.20 bits per heavy atom. The minimum atomic E-state index is -0.410. The second-order valence-corrected chi connectivity index (χ2v) is 4.91. The van der Waals surface area contributed by atoms with Crippen LogP contribution in [0.15, 0.2) is 16.6 Å². The van der Waals surface area contributed by atoms with E-state index in [-0.39, 0.29) is 22.2 Å². The minimum absolute atomic E-state index is 0.0719. The largest absolute Gasteiger partial charge is 0.328 e. The molecule has 2 N–H and O–H groups in total. The summed E-state index contributed by atoms with van der Waals surface area (Å²) in [6.07, 6.45) is 2.49. The molecule has 0 saturated heterocycles. The third kappa shape index (κ3) is 2.21. The van der Waals surface area contributed by atoms with Crippen LogP contribution in [0.3, 0.4) is 0 Å². The Bertz CT molecular complexity index is 381. The van der Waals surface area contributed by atoms with E-state index in [0.29, 0.717) is 5.56 Å². The van der Waals surface area contributed by atoms with Gasteiger partial charge in [-0.15, -0.1) is 0 Å². The molecule has 1 aromatic carbocycles.